The molecule has 0 rings (SSSR count). The smallest absolute Gasteiger partial charge is 0.462 e. The average Bonchev–Trinajstić information content (AvgIpc) is 0.943. The molecule has 0 fully saturated rings. The molecule has 104 heavy (non-hydrogen) atoms. The zero-order valence-electron chi connectivity index (χ0n) is 65.4. The third kappa shape index (κ3) is 75.7. The number of allylic oxidation sites excluding steroid dienone is 20. The van der Waals surface area contributed by atoms with Crippen LogP contribution in [0, 0.1) is 0 Å². The van der Waals surface area contributed by atoms with Crippen LogP contribution in [0.15, 0.2) is 122 Å². The van der Waals surface area contributed by atoms with Crippen molar-refractivity contribution in [3.05, 3.63) is 122 Å². The molecule has 0 aromatic rings. The minimum Gasteiger partial charge on any atom is -0.462 e. The monoisotopic (exact) mass is 1500 g/mol. The van der Waals surface area contributed by atoms with Gasteiger partial charge < -0.3 is 33.8 Å². The maximum absolute atomic E-state index is 13.1. The summed E-state index contributed by atoms with van der Waals surface area (Å²) >= 11 is 0. The summed E-state index contributed by atoms with van der Waals surface area (Å²) in [7, 11) is -9.99. The van der Waals surface area contributed by atoms with Crippen LogP contribution in [-0.4, -0.2) is 96.7 Å². The molecule has 0 heterocycles. The molecule has 19 heteroatoms. The second-order valence-corrected chi connectivity index (χ2v) is 29.9. The van der Waals surface area contributed by atoms with E-state index in [0.717, 1.165) is 161 Å². The van der Waals surface area contributed by atoms with Gasteiger partial charge in [0.2, 0.25) is 0 Å². The molecule has 5 atom stereocenters. The molecule has 0 aromatic heterocycles. The number of rotatable bonds is 76. The molecule has 0 spiro atoms. The summed E-state index contributed by atoms with van der Waals surface area (Å²) in [5.41, 5.74) is 0. The third-order valence-electron chi connectivity index (χ3n) is 16.9. The molecule has 0 amide bonds. The molecular formula is C85H146O17P2. The molecule has 3 N–H and O–H groups in total. The first-order valence-electron chi connectivity index (χ1n) is 40.8. The van der Waals surface area contributed by atoms with Crippen LogP contribution < -0.4 is 0 Å². The van der Waals surface area contributed by atoms with Crippen LogP contribution in [0.1, 0.15) is 336 Å². The Hall–Kier alpha value is -4.54. The fraction of sp³-hybridized carbons (Fsp3) is 0.718. The van der Waals surface area contributed by atoms with Gasteiger partial charge in [-0.15, -0.1) is 0 Å². The lowest BCUT2D eigenvalue weighted by Gasteiger charge is -2.21. The number of hydrogen-bond donors (Lipinski definition) is 3. The minimum atomic E-state index is -5.00. The number of phosphoric ester groups is 2. The molecule has 0 aliphatic heterocycles. The maximum Gasteiger partial charge on any atom is 0.472 e. The molecule has 17 nitrogen and oxygen atoms in total. The summed E-state index contributed by atoms with van der Waals surface area (Å²) < 4.78 is 68.6. The van der Waals surface area contributed by atoms with Crippen molar-refractivity contribution < 1.29 is 80.2 Å². The van der Waals surface area contributed by atoms with Crippen molar-refractivity contribution in [3.63, 3.8) is 0 Å². The predicted molar refractivity (Wildman–Crippen MR) is 427 cm³/mol. The normalized spacial score (nSPS) is 14.5. The van der Waals surface area contributed by atoms with Gasteiger partial charge in [0.1, 0.15) is 19.3 Å². The van der Waals surface area contributed by atoms with E-state index in [1.165, 1.54) is 89.9 Å². The van der Waals surface area contributed by atoms with Gasteiger partial charge in [-0.2, -0.15) is 0 Å². The van der Waals surface area contributed by atoms with Gasteiger partial charge in [0.05, 0.1) is 26.4 Å². The van der Waals surface area contributed by atoms with Gasteiger partial charge >= 0.3 is 39.5 Å². The van der Waals surface area contributed by atoms with Gasteiger partial charge in [0.25, 0.3) is 0 Å². The zero-order valence-corrected chi connectivity index (χ0v) is 67.2. The first kappa shape index (κ1) is 99.5. The van der Waals surface area contributed by atoms with Crippen molar-refractivity contribution in [2.45, 2.75) is 354 Å². The largest absolute Gasteiger partial charge is 0.472 e. The van der Waals surface area contributed by atoms with E-state index >= 15 is 0 Å². The van der Waals surface area contributed by atoms with Crippen LogP contribution in [0.3, 0.4) is 0 Å². The number of carbonyl (C=O) groups excluding carboxylic acids is 4. The Morgan fingerprint density at radius 1 is 0.279 bits per heavy atom. The van der Waals surface area contributed by atoms with Crippen LogP contribution in [0.4, 0.5) is 0 Å². The van der Waals surface area contributed by atoms with E-state index in [-0.39, 0.29) is 25.7 Å². The van der Waals surface area contributed by atoms with E-state index < -0.39 is 97.5 Å². The van der Waals surface area contributed by atoms with Crippen molar-refractivity contribution in [2.75, 3.05) is 39.6 Å². The number of aliphatic hydroxyl groups excluding tert-OH is 1. The topological polar surface area (TPSA) is 237 Å². The highest BCUT2D eigenvalue weighted by Gasteiger charge is 2.30. The van der Waals surface area contributed by atoms with E-state index in [1.807, 2.05) is 18.2 Å². The SMILES string of the molecule is CC/C=C\C/C=C\C/C=C\C/C=C\C/C=C\C/C=C\CCC(=O)O[C@H](COC(=O)CCCCCCCCC/C=C\CCCCCC)COP(=O)(O)OC[C@H](O)COP(=O)(O)OC[C@@H](COC(=O)CCCCCCC/C=C\C/C=C\CCCCC)OC(=O)CCCCCCC/C=C\CCCCCCCC. The number of unbranched alkanes of at least 4 members (excludes halogenated alkanes) is 30. The molecule has 2 unspecified atom stereocenters. The lowest BCUT2D eigenvalue weighted by molar-refractivity contribution is -0.161. The molecule has 0 bridgehead atoms. The predicted octanol–water partition coefficient (Wildman–Crippen LogP) is 23.9. The fourth-order valence-corrected chi connectivity index (χ4v) is 12.3. The van der Waals surface area contributed by atoms with Crippen molar-refractivity contribution in [1.29, 1.82) is 0 Å². The van der Waals surface area contributed by atoms with Gasteiger partial charge in [-0.3, -0.25) is 37.3 Å². The average molecular weight is 1500 g/mol. The number of aliphatic hydroxyl groups is 1. The van der Waals surface area contributed by atoms with Crippen LogP contribution in [0.2, 0.25) is 0 Å². The van der Waals surface area contributed by atoms with Crippen molar-refractivity contribution >= 4 is 39.5 Å². The molecule has 0 aromatic carbocycles. The second kappa shape index (κ2) is 76.6. The molecular weight excluding hydrogens is 1350 g/mol. The number of phosphoric acid groups is 2. The van der Waals surface area contributed by atoms with E-state index in [1.54, 1.807) is 0 Å². The summed E-state index contributed by atoms with van der Waals surface area (Å²) in [6, 6.07) is 0. The summed E-state index contributed by atoms with van der Waals surface area (Å²) in [5, 5.41) is 10.6. The highest BCUT2D eigenvalue weighted by Crippen LogP contribution is 2.45. The summed E-state index contributed by atoms with van der Waals surface area (Å²) in [6.45, 7) is 4.63. The van der Waals surface area contributed by atoms with E-state index in [4.69, 9.17) is 37.0 Å². The standard InChI is InChI=1S/C85H146O17P2/c1-5-9-13-17-21-25-29-33-37-38-39-40-44-48-52-56-60-64-68-72-85(90)102-81(76-96-83(88)70-66-62-58-54-50-46-42-35-31-27-23-19-15-11-7-3)78-100-104(93,94)98-74-79(86)73-97-103(91,92)99-77-80(101-84(89)71-67-63-59-55-51-47-43-36-32-28-24-20-16-12-8-4)75-95-82(87)69-65-61-57-53-49-45-41-34-30-26-22-18-14-10-6-2/h9,13,21-22,25-27,31,33-34,36-37,39-41,43,48,52,60,64,79-81,86H,5-8,10-12,14-20,23-24,28-30,32,35,38,42,44-47,49-51,53-59,61-63,65-78H2,1-4H3,(H,91,92)(H,93,94)/b13-9-,25-21-,26-22-,31-27-,37-33-,40-39-,41-34-,43-36-,52-48-,64-60-/t79-,80-,81-/m1/s1. The van der Waals surface area contributed by atoms with Gasteiger partial charge in [-0.1, -0.05) is 284 Å². The number of carbonyl (C=O) groups is 4. The summed E-state index contributed by atoms with van der Waals surface area (Å²) in [6.07, 6.45) is 84.7. The van der Waals surface area contributed by atoms with E-state index in [0.29, 0.717) is 32.1 Å². The fourth-order valence-electron chi connectivity index (χ4n) is 10.7. The first-order chi connectivity index (χ1) is 50.7. The third-order valence-corrected chi connectivity index (χ3v) is 18.8. The van der Waals surface area contributed by atoms with E-state index in [2.05, 4.69) is 131 Å². The number of ether oxygens (including phenoxy) is 4. The van der Waals surface area contributed by atoms with Crippen molar-refractivity contribution in [3.8, 4) is 0 Å². The lowest BCUT2D eigenvalue weighted by atomic mass is 10.1. The highest BCUT2D eigenvalue weighted by atomic mass is 31.2. The first-order valence-corrected chi connectivity index (χ1v) is 43.8. The molecule has 0 aliphatic carbocycles. The molecule has 0 radical (unpaired) electrons. The number of esters is 4. The van der Waals surface area contributed by atoms with Crippen LogP contribution in [-0.2, 0) is 65.4 Å². The van der Waals surface area contributed by atoms with Crippen molar-refractivity contribution in [1.82, 2.24) is 0 Å². The second-order valence-electron chi connectivity index (χ2n) is 27.0. The Morgan fingerprint density at radius 3 is 0.865 bits per heavy atom. The number of hydrogen-bond acceptors (Lipinski definition) is 15. The molecule has 0 saturated heterocycles. The lowest BCUT2D eigenvalue weighted by Crippen LogP contribution is -2.30. The van der Waals surface area contributed by atoms with Gasteiger partial charge in [0, 0.05) is 25.7 Å². The highest BCUT2D eigenvalue weighted by molar-refractivity contribution is 7.47. The van der Waals surface area contributed by atoms with Crippen LogP contribution >= 0.6 is 15.6 Å². The summed E-state index contributed by atoms with van der Waals surface area (Å²) in [4.78, 5) is 73.0. The van der Waals surface area contributed by atoms with Crippen LogP contribution in [0.5, 0.6) is 0 Å². The van der Waals surface area contributed by atoms with Gasteiger partial charge in [-0.25, -0.2) is 9.13 Å². The molecule has 598 valence electrons. The van der Waals surface area contributed by atoms with Crippen molar-refractivity contribution in [2.24, 2.45) is 0 Å². The Kier molecular flexibility index (Phi) is 73.3. The quantitative estimate of drug-likeness (QED) is 0.0169. The Morgan fingerprint density at radius 2 is 0.519 bits per heavy atom. The Bertz CT molecular complexity index is 2440. The van der Waals surface area contributed by atoms with Gasteiger partial charge in [0.15, 0.2) is 12.2 Å². The summed E-state index contributed by atoms with van der Waals surface area (Å²) in [5.74, 6) is -2.29. The Labute approximate surface area is 632 Å². The van der Waals surface area contributed by atoms with Gasteiger partial charge in [-0.05, 0) is 148 Å². The maximum atomic E-state index is 13.1. The molecule has 0 aliphatic rings. The van der Waals surface area contributed by atoms with E-state index in [9.17, 15) is 43.2 Å². The Balaban J connectivity index is 5.45. The minimum absolute atomic E-state index is 0.0328. The molecule has 0 saturated carbocycles. The zero-order chi connectivity index (χ0) is 76.0. The van der Waals surface area contributed by atoms with Crippen LogP contribution in [0.25, 0.3) is 0 Å².